The summed E-state index contributed by atoms with van der Waals surface area (Å²) in [6, 6.07) is 0. The van der Waals surface area contributed by atoms with E-state index >= 15 is 0 Å². The van der Waals surface area contributed by atoms with Gasteiger partial charge in [0, 0.05) is 31.5 Å². The Morgan fingerprint density at radius 3 is 2.62 bits per heavy atom. The van der Waals surface area contributed by atoms with E-state index in [9.17, 15) is 0 Å². The number of fused-ring (bicyclic) bond motifs is 5. The number of aromatic nitrogens is 2. The lowest BCUT2D eigenvalue weighted by Crippen LogP contribution is -2.25. The van der Waals surface area contributed by atoms with Crippen molar-refractivity contribution < 1.29 is 14.0 Å². The van der Waals surface area contributed by atoms with Gasteiger partial charge in [-0.2, -0.15) is 4.98 Å². The van der Waals surface area contributed by atoms with Gasteiger partial charge in [-0.1, -0.05) is 5.16 Å². The zero-order valence-corrected chi connectivity index (χ0v) is 12.1. The smallest absolute Gasteiger partial charge is 0.255 e. The van der Waals surface area contributed by atoms with Gasteiger partial charge in [0.1, 0.15) is 6.10 Å². The molecule has 0 spiro atoms. The molecular weight excluding hydrogens is 270 g/mol. The second-order valence-corrected chi connectivity index (χ2v) is 6.86. The molecule has 0 N–H and O–H groups in total. The van der Waals surface area contributed by atoms with E-state index in [1.165, 1.54) is 12.8 Å². The van der Waals surface area contributed by atoms with Gasteiger partial charge in [0.15, 0.2) is 5.82 Å². The van der Waals surface area contributed by atoms with Crippen molar-refractivity contribution in [2.75, 3.05) is 19.7 Å². The van der Waals surface area contributed by atoms with E-state index < -0.39 is 0 Å². The fourth-order valence-corrected chi connectivity index (χ4v) is 4.61. The summed E-state index contributed by atoms with van der Waals surface area (Å²) in [6.45, 7) is 3.84. The van der Waals surface area contributed by atoms with Gasteiger partial charge in [0.05, 0.1) is 18.8 Å². The molecule has 21 heavy (non-hydrogen) atoms. The summed E-state index contributed by atoms with van der Waals surface area (Å²) < 4.78 is 17.0. The van der Waals surface area contributed by atoms with Crippen molar-refractivity contribution >= 4 is 0 Å². The summed E-state index contributed by atoms with van der Waals surface area (Å²) >= 11 is 0. The molecule has 1 unspecified atom stereocenters. The Hall–Kier alpha value is -0.980. The Labute approximate surface area is 123 Å². The van der Waals surface area contributed by atoms with E-state index in [1.54, 1.807) is 0 Å². The molecule has 6 nitrogen and oxygen atoms in total. The summed E-state index contributed by atoms with van der Waals surface area (Å²) in [5.74, 6) is 2.92. The van der Waals surface area contributed by atoms with Gasteiger partial charge in [-0.05, 0) is 25.7 Å². The van der Waals surface area contributed by atoms with Crippen LogP contribution in [0.4, 0.5) is 0 Å². The average molecular weight is 291 g/mol. The summed E-state index contributed by atoms with van der Waals surface area (Å²) in [5.41, 5.74) is 0. The fourth-order valence-electron chi connectivity index (χ4n) is 4.61. The third kappa shape index (κ3) is 2.04. The maximum Gasteiger partial charge on any atom is 0.255 e. The predicted octanol–water partition coefficient (Wildman–Crippen LogP) is 1.53. The first kappa shape index (κ1) is 12.6. The van der Waals surface area contributed by atoms with Crippen LogP contribution in [0.5, 0.6) is 0 Å². The minimum atomic E-state index is 0.0217. The van der Waals surface area contributed by atoms with Crippen LogP contribution in [0, 0.1) is 11.8 Å². The van der Waals surface area contributed by atoms with Crippen LogP contribution in [-0.4, -0.2) is 46.9 Å². The topological polar surface area (TPSA) is 60.6 Å². The molecule has 4 saturated heterocycles. The molecule has 2 bridgehead atoms. The van der Waals surface area contributed by atoms with Crippen molar-refractivity contribution in [2.24, 2.45) is 11.8 Å². The van der Waals surface area contributed by atoms with Gasteiger partial charge < -0.3 is 14.0 Å². The number of hydrogen-bond acceptors (Lipinski definition) is 6. The first-order valence-electron chi connectivity index (χ1n) is 8.19. The van der Waals surface area contributed by atoms with Gasteiger partial charge in [0.25, 0.3) is 5.89 Å². The van der Waals surface area contributed by atoms with Gasteiger partial charge in [-0.15, -0.1) is 0 Å². The number of rotatable bonds is 3. The molecular formula is C15H21N3O3. The summed E-state index contributed by atoms with van der Waals surface area (Å²) in [6.07, 6.45) is 5.64. The van der Waals surface area contributed by atoms with E-state index in [4.69, 9.17) is 14.0 Å². The fraction of sp³-hybridized carbons (Fsp3) is 0.867. The summed E-state index contributed by atoms with van der Waals surface area (Å²) in [5, 5.41) is 4.13. The molecule has 6 heteroatoms. The first-order chi connectivity index (χ1) is 10.4. The van der Waals surface area contributed by atoms with Crippen molar-refractivity contribution in [3.8, 4) is 0 Å². The lowest BCUT2D eigenvalue weighted by molar-refractivity contribution is 0.0692. The highest BCUT2D eigenvalue weighted by Crippen LogP contribution is 2.47. The molecule has 0 aliphatic carbocycles. The highest BCUT2D eigenvalue weighted by Gasteiger charge is 2.52. The molecule has 1 aromatic heterocycles. The van der Waals surface area contributed by atoms with Crippen LogP contribution < -0.4 is 0 Å². The van der Waals surface area contributed by atoms with E-state index in [1.807, 2.05) is 0 Å². The van der Waals surface area contributed by atoms with Gasteiger partial charge in [0.2, 0.25) is 0 Å². The Balaban J connectivity index is 1.24. The molecule has 0 radical (unpaired) electrons. The zero-order valence-electron chi connectivity index (χ0n) is 12.1. The SMILES string of the molecule is C1COC(c2nc(CN3C[C@@H]4[C@H](C3)[C@H]3CC[C@@H]4O3)no2)C1. The Morgan fingerprint density at radius 1 is 1.10 bits per heavy atom. The lowest BCUT2D eigenvalue weighted by Gasteiger charge is -2.18. The normalized spacial score (nSPS) is 42.0. The van der Waals surface area contributed by atoms with Crippen LogP contribution in [0.1, 0.15) is 43.5 Å². The summed E-state index contributed by atoms with van der Waals surface area (Å²) in [7, 11) is 0. The second kappa shape index (κ2) is 4.76. The number of likely N-dealkylation sites (tertiary alicyclic amines) is 1. The molecule has 114 valence electrons. The Morgan fingerprint density at radius 2 is 1.90 bits per heavy atom. The third-order valence-corrected chi connectivity index (χ3v) is 5.58. The van der Waals surface area contributed by atoms with Crippen LogP contribution in [-0.2, 0) is 16.0 Å². The van der Waals surface area contributed by atoms with Crippen LogP contribution >= 0.6 is 0 Å². The molecule has 5 atom stereocenters. The van der Waals surface area contributed by atoms with Gasteiger partial charge >= 0.3 is 0 Å². The number of hydrogen-bond donors (Lipinski definition) is 0. The Kier molecular flexibility index (Phi) is 2.85. The molecule has 0 amide bonds. The van der Waals surface area contributed by atoms with Crippen molar-refractivity contribution in [3.63, 3.8) is 0 Å². The number of ether oxygens (including phenoxy) is 2. The highest BCUT2D eigenvalue weighted by molar-refractivity contribution is 5.03. The summed E-state index contributed by atoms with van der Waals surface area (Å²) in [4.78, 5) is 6.99. The van der Waals surface area contributed by atoms with Crippen LogP contribution in [0.15, 0.2) is 4.52 Å². The van der Waals surface area contributed by atoms with E-state index in [0.717, 1.165) is 56.7 Å². The minimum Gasteiger partial charge on any atom is -0.374 e. The predicted molar refractivity (Wildman–Crippen MR) is 72.4 cm³/mol. The average Bonchev–Trinajstić information content (AvgIpc) is 3.28. The van der Waals surface area contributed by atoms with Gasteiger partial charge in [-0.3, -0.25) is 4.90 Å². The molecule has 5 rings (SSSR count). The van der Waals surface area contributed by atoms with Crippen molar-refractivity contribution in [1.29, 1.82) is 0 Å². The third-order valence-electron chi connectivity index (χ3n) is 5.58. The van der Waals surface area contributed by atoms with Crippen molar-refractivity contribution in [2.45, 2.75) is 50.5 Å². The van der Waals surface area contributed by atoms with E-state index in [-0.39, 0.29) is 6.10 Å². The molecule has 0 saturated carbocycles. The maximum absolute atomic E-state index is 6.02. The van der Waals surface area contributed by atoms with E-state index in [0.29, 0.717) is 18.1 Å². The van der Waals surface area contributed by atoms with Crippen LogP contribution in [0.2, 0.25) is 0 Å². The van der Waals surface area contributed by atoms with Crippen molar-refractivity contribution in [3.05, 3.63) is 11.7 Å². The monoisotopic (exact) mass is 291 g/mol. The van der Waals surface area contributed by atoms with Gasteiger partial charge in [-0.25, -0.2) is 0 Å². The molecule has 4 aliphatic heterocycles. The maximum atomic E-state index is 6.02. The van der Waals surface area contributed by atoms with Crippen molar-refractivity contribution in [1.82, 2.24) is 15.0 Å². The van der Waals surface area contributed by atoms with E-state index in [2.05, 4.69) is 15.0 Å². The first-order valence-corrected chi connectivity index (χ1v) is 8.19. The number of nitrogens with zero attached hydrogens (tertiary/aromatic N) is 3. The molecule has 1 aromatic rings. The molecule has 4 aliphatic rings. The molecule has 5 heterocycles. The second-order valence-electron chi connectivity index (χ2n) is 6.86. The largest absolute Gasteiger partial charge is 0.374 e. The molecule has 0 aromatic carbocycles. The quantitative estimate of drug-likeness (QED) is 0.841. The zero-order chi connectivity index (χ0) is 13.8. The lowest BCUT2D eigenvalue weighted by atomic mass is 9.82. The highest BCUT2D eigenvalue weighted by atomic mass is 16.5. The standard InChI is InChI=1S/C15H21N3O3/c1-2-13(19-5-1)15-16-14(17-21-15)8-18-6-9-10(7-18)12-4-3-11(9)20-12/h9-13H,1-8H2/t9-,10+,11+,12-,13?. The molecule has 4 fully saturated rings. The van der Waals surface area contributed by atoms with Crippen LogP contribution in [0.25, 0.3) is 0 Å². The van der Waals surface area contributed by atoms with Crippen LogP contribution in [0.3, 0.4) is 0 Å². The minimum absolute atomic E-state index is 0.0217. The Bertz CT molecular complexity index is 510.